The summed E-state index contributed by atoms with van der Waals surface area (Å²) in [5, 5.41) is 29.1. The molecule has 0 fully saturated rings. The highest BCUT2D eigenvalue weighted by atomic mass is 79.9. The van der Waals surface area contributed by atoms with Crippen molar-refractivity contribution in [3.05, 3.63) is 92.6 Å². The Labute approximate surface area is 280 Å². The molecule has 14 heteroatoms. The Kier molecular flexibility index (Phi) is 12.0. The number of carbonyl (C=O) groups excluding carboxylic acids is 2. The van der Waals surface area contributed by atoms with Gasteiger partial charge in [-0.05, 0) is 61.4 Å². The molecule has 2 amide bonds. The number of nitriles is 1. The molecular weight excluding hydrogens is 674 g/mol. The summed E-state index contributed by atoms with van der Waals surface area (Å²) < 4.78 is 28.8. The van der Waals surface area contributed by atoms with Crippen LogP contribution in [0, 0.1) is 11.3 Å². The quantitative estimate of drug-likeness (QED) is 0.0813. The summed E-state index contributed by atoms with van der Waals surface area (Å²) in [6.07, 6.45) is 0.268. The summed E-state index contributed by atoms with van der Waals surface area (Å²) in [6.45, 7) is 3.76. The zero-order valence-corrected chi connectivity index (χ0v) is 27.7. The van der Waals surface area contributed by atoms with Gasteiger partial charge in [0, 0.05) is 15.7 Å². The van der Waals surface area contributed by atoms with Gasteiger partial charge >= 0.3 is 12.0 Å². The Morgan fingerprint density at radius 1 is 1.11 bits per heavy atom. The van der Waals surface area contributed by atoms with Crippen molar-refractivity contribution in [1.82, 2.24) is 16.1 Å². The maximum atomic E-state index is 12.5. The molecule has 1 aliphatic rings. The molecule has 246 valence electrons. The summed E-state index contributed by atoms with van der Waals surface area (Å²) in [5.74, 6) is 0.998. The molecule has 3 aromatic carbocycles. The molecule has 0 radical (unpaired) electrons. The monoisotopic (exact) mass is 707 g/mol. The van der Waals surface area contributed by atoms with Crippen molar-refractivity contribution >= 4 is 34.1 Å². The minimum absolute atomic E-state index is 0.197. The van der Waals surface area contributed by atoms with Crippen molar-refractivity contribution in [2.45, 2.75) is 32.7 Å². The van der Waals surface area contributed by atoms with Crippen LogP contribution in [0.1, 0.15) is 42.1 Å². The van der Waals surface area contributed by atoms with E-state index in [0.717, 1.165) is 10.0 Å². The van der Waals surface area contributed by atoms with E-state index < -0.39 is 24.3 Å². The average Bonchev–Trinajstić information content (AvgIpc) is 3.06. The number of nitrogens with zero attached hydrogens (tertiary/aromatic N) is 2. The first-order valence-corrected chi connectivity index (χ1v) is 15.2. The molecule has 2 atom stereocenters. The zero-order valence-electron chi connectivity index (χ0n) is 26.1. The lowest BCUT2D eigenvalue weighted by atomic mass is 9.95. The SMILES string of the molecule is CCOc1cc([C@H]2NC(=O)NC(C)=C2C(=O)OC)ccc1OC[C@H](O)N/N=C/c1cc(Br)cc(OC)c1OCc1ccc(C#N)cc1. The number of aliphatic hydroxyl groups excluding tert-OH is 1. The van der Waals surface area contributed by atoms with E-state index >= 15 is 0 Å². The molecule has 13 nitrogen and oxygen atoms in total. The smallest absolute Gasteiger partial charge is 0.337 e. The highest BCUT2D eigenvalue weighted by molar-refractivity contribution is 9.10. The normalized spacial score (nSPS) is 14.8. The molecular formula is C33H34BrN5O8. The number of esters is 1. The highest BCUT2D eigenvalue weighted by Crippen LogP contribution is 2.36. The molecule has 0 aromatic heterocycles. The Hall–Kier alpha value is -5.26. The Morgan fingerprint density at radius 3 is 2.55 bits per heavy atom. The first-order chi connectivity index (χ1) is 22.7. The van der Waals surface area contributed by atoms with E-state index in [0.29, 0.717) is 52.0 Å². The van der Waals surface area contributed by atoms with Gasteiger partial charge in [0.05, 0.1) is 50.3 Å². The number of urea groups is 1. The van der Waals surface area contributed by atoms with E-state index in [2.05, 4.69) is 43.2 Å². The average molecular weight is 709 g/mol. The Balaban J connectivity index is 1.44. The maximum absolute atomic E-state index is 12.5. The van der Waals surface area contributed by atoms with E-state index in [1.165, 1.54) is 20.4 Å². The lowest BCUT2D eigenvalue weighted by molar-refractivity contribution is -0.136. The van der Waals surface area contributed by atoms with E-state index in [4.69, 9.17) is 28.9 Å². The lowest BCUT2D eigenvalue weighted by Crippen LogP contribution is -2.45. The van der Waals surface area contributed by atoms with Gasteiger partial charge in [0.2, 0.25) is 0 Å². The summed E-state index contributed by atoms with van der Waals surface area (Å²) in [7, 11) is 2.79. The molecule has 3 aromatic rings. The van der Waals surface area contributed by atoms with Crippen LogP contribution in [0.3, 0.4) is 0 Å². The van der Waals surface area contributed by atoms with E-state index in [1.807, 2.05) is 12.1 Å². The predicted molar refractivity (Wildman–Crippen MR) is 175 cm³/mol. The van der Waals surface area contributed by atoms with Crippen molar-refractivity contribution in [2.75, 3.05) is 27.4 Å². The molecule has 0 unspecified atom stereocenters. The Bertz CT molecular complexity index is 1700. The second kappa shape index (κ2) is 16.3. The number of rotatable bonds is 14. The van der Waals surface area contributed by atoms with Gasteiger partial charge in [-0.2, -0.15) is 10.4 Å². The fourth-order valence-electron chi connectivity index (χ4n) is 4.64. The molecule has 4 rings (SSSR count). The van der Waals surface area contributed by atoms with Gasteiger partial charge in [-0.25, -0.2) is 9.59 Å². The second-order valence-corrected chi connectivity index (χ2v) is 11.0. The van der Waals surface area contributed by atoms with Gasteiger partial charge in [0.1, 0.15) is 13.2 Å². The van der Waals surface area contributed by atoms with E-state index in [9.17, 15) is 14.7 Å². The molecule has 1 heterocycles. The van der Waals surface area contributed by atoms with Crippen molar-refractivity contribution in [3.63, 3.8) is 0 Å². The number of carbonyl (C=O) groups is 2. The molecule has 1 aliphatic heterocycles. The van der Waals surface area contributed by atoms with Crippen LogP contribution in [0.4, 0.5) is 4.79 Å². The summed E-state index contributed by atoms with van der Waals surface area (Å²) in [4.78, 5) is 24.7. The number of amides is 2. The molecule has 0 saturated heterocycles. The summed E-state index contributed by atoms with van der Waals surface area (Å²) >= 11 is 3.46. The first kappa shape index (κ1) is 34.6. The molecule has 0 bridgehead atoms. The van der Waals surface area contributed by atoms with Gasteiger partial charge in [0.15, 0.2) is 29.2 Å². The number of ether oxygens (including phenoxy) is 5. The molecule has 0 saturated carbocycles. The van der Waals surface area contributed by atoms with Crippen LogP contribution in [0.25, 0.3) is 0 Å². The third-order valence-electron chi connectivity index (χ3n) is 6.83. The zero-order chi connectivity index (χ0) is 33.9. The topological polar surface area (TPSA) is 173 Å². The number of nitrogens with one attached hydrogen (secondary N) is 3. The van der Waals surface area contributed by atoms with Crippen LogP contribution < -0.4 is 35.0 Å². The fraction of sp³-hybridized carbons (Fsp3) is 0.273. The molecule has 0 spiro atoms. The minimum atomic E-state index is -1.21. The predicted octanol–water partition coefficient (Wildman–Crippen LogP) is 4.43. The highest BCUT2D eigenvalue weighted by Gasteiger charge is 2.32. The number of aliphatic hydroxyl groups is 1. The van der Waals surface area contributed by atoms with Crippen LogP contribution in [0.15, 0.2) is 75.4 Å². The van der Waals surface area contributed by atoms with E-state index in [-0.39, 0.29) is 18.8 Å². The third kappa shape index (κ3) is 8.93. The van der Waals surface area contributed by atoms with Crippen LogP contribution in [-0.4, -0.2) is 57.0 Å². The van der Waals surface area contributed by atoms with Crippen LogP contribution >= 0.6 is 15.9 Å². The number of hydrazone groups is 1. The van der Waals surface area contributed by atoms with Gasteiger partial charge in [-0.15, -0.1) is 0 Å². The summed E-state index contributed by atoms with van der Waals surface area (Å²) in [5.41, 5.74) is 5.81. The van der Waals surface area contributed by atoms with Crippen LogP contribution in [-0.2, 0) is 16.1 Å². The van der Waals surface area contributed by atoms with Crippen molar-refractivity contribution in [2.24, 2.45) is 5.10 Å². The lowest BCUT2D eigenvalue weighted by Gasteiger charge is -2.28. The van der Waals surface area contributed by atoms with Crippen molar-refractivity contribution in [1.29, 1.82) is 5.26 Å². The van der Waals surface area contributed by atoms with Crippen molar-refractivity contribution < 1.29 is 38.4 Å². The Morgan fingerprint density at radius 2 is 1.87 bits per heavy atom. The number of methoxy groups -OCH3 is 2. The number of hydrogen-bond donors (Lipinski definition) is 4. The van der Waals surface area contributed by atoms with Crippen LogP contribution in [0.5, 0.6) is 23.0 Å². The van der Waals surface area contributed by atoms with Gasteiger partial charge in [0.25, 0.3) is 0 Å². The minimum Gasteiger partial charge on any atom is -0.493 e. The second-order valence-electron chi connectivity index (χ2n) is 10.0. The van der Waals surface area contributed by atoms with Gasteiger partial charge in [-0.3, -0.25) is 5.43 Å². The number of allylic oxidation sites excluding steroid dienone is 1. The molecule has 47 heavy (non-hydrogen) atoms. The molecule has 0 aliphatic carbocycles. The largest absolute Gasteiger partial charge is 0.493 e. The van der Waals surface area contributed by atoms with Crippen molar-refractivity contribution in [3.8, 4) is 29.1 Å². The number of benzene rings is 3. The summed E-state index contributed by atoms with van der Waals surface area (Å²) in [6, 6.07) is 16.4. The number of halogens is 1. The number of hydrogen-bond acceptors (Lipinski definition) is 11. The fourth-order valence-corrected chi connectivity index (χ4v) is 5.09. The maximum Gasteiger partial charge on any atom is 0.337 e. The van der Waals surface area contributed by atoms with Gasteiger partial charge < -0.3 is 39.4 Å². The van der Waals surface area contributed by atoms with Gasteiger partial charge in [-0.1, -0.05) is 34.1 Å². The van der Waals surface area contributed by atoms with Crippen LogP contribution in [0.2, 0.25) is 0 Å². The van der Waals surface area contributed by atoms with E-state index in [1.54, 1.807) is 56.3 Å². The third-order valence-corrected chi connectivity index (χ3v) is 7.29. The standard InChI is InChI=1S/C33H34BrN5O8/c1-5-45-26-13-22(30-29(32(41)44-4)19(2)37-33(42)38-30)10-11-25(26)46-18-28(40)39-36-16-23-12-24(34)14-27(43-3)31(23)47-17-21-8-6-20(15-35)7-9-21/h6-14,16,28,30,39-40H,5,17-18H2,1-4H3,(H2,37,38,42)/b36-16+/t28-,30+/m0/s1. The molecule has 4 N–H and O–H groups in total. The first-order valence-electron chi connectivity index (χ1n) is 14.4.